The quantitative estimate of drug-likeness (QED) is 0.727. The number of carbonyl (C=O) groups excluding carboxylic acids is 1. The van der Waals surface area contributed by atoms with E-state index >= 15 is 0 Å². The third-order valence-corrected chi connectivity index (χ3v) is 8.02. The maximum atomic E-state index is 13.7. The zero-order valence-electron chi connectivity index (χ0n) is 16.8. The third kappa shape index (κ3) is 3.74. The Kier molecular flexibility index (Phi) is 5.63. The largest absolute Gasteiger partial charge is 0.308 e. The van der Waals surface area contributed by atoms with Gasteiger partial charge in [-0.2, -0.15) is 4.31 Å². The molecule has 0 radical (unpaired) electrons. The van der Waals surface area contributed by atoms with Crippen LogP contribution in [0.25, 0.3) is 0 Å². The summed E-state index contributed by atoms with van der Waals surface area (Å²) in [5, 5.41) is 0. The number of sulfonamides is 1. The molecule has 1 fully saturated rings. The summed E-state index contributed by atoms with van der Waals surface area (Å²) < 4.78 is 54.7. The molecule has 4 rings (SSSR count). The highest BCUT2D eigenvalue weighted by atomic mass is 32.2. The van der Waals surface area contributed by atoms with E-state index in [-0.39, 0.29) is 22.2 Å². The fourth-order valence-corrected chi connectivity index (χ4v) is 5.78. The highest BCUT2D eigenvalue weighted by Crippen LogP contribution is 2.30. The lowest BCUT2D eigenvalue weighted by Gasteiger charge is -2.24. The molecular formula is C22H24F2N2O3S. The smallest absolute Gasteiger partial charge is 0.258 e. The first-order valence-corrected chi connectivity index (χ1v) is 11.6. The molecule has 1 amide bonds. The second-order valence-corrected chi connectivity index (χ2v) is 9.93. The Morgan fingerprint density at radius 2 is 1.73 bits per heavy atom. The Hall–Kier alpha value is -2.32. The molecule has 1 aliphatic carbocycles. The van der Waals surface area contributed by atoms with Gasteiger partial charge in [0, 0.05) is 37.0 Å². The Balaban J connectivity index is 1.70. The number of hydrogen-bond acceptors (Lipinski definition) is 3. The summed E-state index contributed by atoms with van der Waals surface area (Å²) in [5.41, 5.74) is 1.30. The zero-order chi connectivity index (χ0) is 21.5. The van der Waals surface area contributed by atoms with Crippen LogP contribution in [0.15, 0.2) is 41.3 Å². The van der Waals surface area contributed by atoms with Gasteiger partial charge in [-0.25, -0.2) is 17.2 Å². The van der Waals surface area contributed by atoms with Crippen LogP contribution in [-0.4, -0.2) is 38.3 Å². The molecule has 0 saturated heterocycles. The molecule has 1 heterocycles. The molecule has 1 aliphatic heterocycles. The van der Waals surface area contributed by atoms with Crippen LogP contribution in [0, 0.1) is 11.6 Å². The molecule has 0 N–H and O–H groups in total. The Labute approximate surface area is 175 Å². The van der Waals surface area contributed by atoms with Gasteiger partial charge < -0.3 is 4.90 Å². The molecule has 0 atom stereocenters. The summed E-state index contributed by atoms with van der Waals surface area (Å²) in [6.07, 6.45) is 4.92. The lowest BCUT2D eigenvalue weighted by molar-refractivity contribution is 0.0988. The Bertz CT molecular complexity index is 1080. The predicted molar refractivity (Wildman–Crippen MR) is 110 cm³/mol. The number of rotatable bonds is 4. The average Bonchev–Trinajstić information content (AvgIpc) is 3.21. The standard InChI is InChI=1S/C22H24F2N2O3S/c1-25(16-6-2-3-7-16)30(28,29)18-10-8-15-5-4-12-26(22(27)19(15)14-18)17-9-11-20(23)21(24)13-17/h8-11,13-14,16H,2-7,12H2,1H3. The zero-order valence-corrected chi connectivity index (χ0v) is 17.6. The van der Waals surface area contributed by atoms with Crippen molar-refractivity contribution in [1.29, 1.82) is 0 Å². The normalized spacial score (nSPS) is 18.0. The van der Waals surface area contributed by atoms with Crippen molar-refractivity contribution in [2.75, 3.05) is 18.5 Å². The predicted octanol–water partition coefficient (Wildman–Crippen LogP) is 4.12. The van der Waals surface area contributed by atoms with Gasteiger partial charge >= 0.3 is 0 Å². The van der Waals surface area contributed by atoms with Gasteiger partial charge in [0.15, 0.2) is 11.6 Å². The molecule has 2 aromatic carbocycles. The van der Waals surface area contributed by atoms with Crippen molar-refractivity contribution < 1.29 is 22.0 Å². The van der Waals surface area contributed by atoms with E-state index in [1.165, 1.54) is 21.3 Å². The summed E-state index contributed by atoms with van der Waals surface area (Å²) >= 11 is 0. The van der Waals surface area contributed by atoms with E-state index in [2.05, 4.69) is 0 Å². The van der Waals surface area contributed by atoms with Crippen LogP contribution in [0.2, 0.25) is 0 Å². The van der Waals surface area contributed by atoms with Gasteiger partial charge in [0.25, 0.3) is 5.91 Å². The van der Waals surface area contributed by atoms with E-state index in [0.717, 1.165) is 43.4 Å². The molecule has 0 aromatic heterocycles. The van der Waals surface area contributed by atoms with E-state index in [9.17, 15) is 22.0 Å². The average molecular weight is 435 g/mol. The van der Waals surface area contributed by atoms with Gasteiger partial charge in [0.2, 0.25) is 10.0 Å². The van der Waals surface area contributed by atoms with Crippen molar-refractivity contribution in [3.63, 3.8) is 0 Å². The van der Waals surface area contributed by atoms with Crippen molar-refractivity contribution in [3.8, 4) is 0 Å². The monoisotopic (exact) mass is 434 g/mol. The maximum Gasteiger partial charge on any atom is 0.258 e. The van der Waals surface area contributed by atoms with Gasteiger partial charge in [0.1, 0.15) is 0 Å². The number of hydrogen-bond donors (Lipinski definition) is 0. The summed E-state index contributed by atoms with van der Waals surface area (Å²) in [6.45, 7) is 0.336. The van der Waals surface area contributed by atoms with Crippen molar-refractivity contribution in [1.82, 2.24) is 4.31 Å². The number of amides is 1. The molecule has 8 heteroatoms. The summed E-state index contributed by atoms with van der Waals surface area (Å²) in [7, 11) is -2.14. The van der Waals surface area contributed by atoms with Crippen LogP contribution < -0.4 is 4.90 Å². The summed E-state index contributed by atoms with van der Waals surface area (Å²) in [5.74, 6) is -2.42. The van der Waals surface area contributed by atoms with Crippen LogP contribution in [-0.2, 0) is 16.4 Å². The van der Waals surface area contributed by atoms with Crippen LogP contribution in [0.1, 0.15) is 48.0 Å². The Morgan fingerprint density at radius 1 is 1.00 bits per heavy atom. The number of fused-ring (bicyclic) bond motifs is 1. The van der Waals surface area contributed by atoms with E-state index in [1.54, 1.807) is 19.2 Å². The minimum Gasteiger partial charge on any atom is -0.308 e. The highest BCUT2D eigenvalue weighted by molar-refractivity contribution is 7.89. The van der Waals surface area contributed by atoms with E-state index in [4.69, 9.17) is 0 Å². The van der Waals surface area contributed by atoms with Crippen LogP contribution in [0.3, 0.4) is 0 Å². The molecule has 2 aliphatic rings. The van der Waals surface area contributed by atoms with Gasteiger partial charge in [-0.15, -0.1) is 0 Å². The first kappa shape index (κ1) is 20.9. The number of anilines is 1. The first-order chi connectivity index (χ1) is 14.3. The Morgan fingerprint density at radius 3 is 2.43 bits per heavy atom. The van der Waals surface area contributed by atoms with Crippen LogP contribution >= 0.6 is 0 Å². The van der Waals surface area contributed by atoms with Gasteiger partial charge in [-0.05, 0) is 55.5 Å². The van der Waals surface area contributed by atoms with Gasteiger partial charge in [-0.1, -0.05) is 18.9 Å². The van der Waals surface area contributed by atoms with E-state index in [0.29, 0.717) is 19.4 Å². The maximum absolute atomic E-state index is 13.7. The molecule has 2 aromatic rings. The SMILES string of the molecule is CN(C1CCCC1)S(=O)(=O)c1ccc2c(c1)C(=O)N(c1ccc(F)c(F)c1)CCC2. The fourth-order valence-electron chi connectivity index (χ4n) is 4.34. The number of benzene rings is 2. The molecular weight excluding hydrogens is 410 g/mol. The van der Waals surface area contributed by atoms with Crippen LogP contribution in [0.5, 0.6) is 0 Å². The number of halogens is 2. The van der Waals surface area contributed by atoms with Crippen molar-refractivity contribution in [2.24, 2.45) is 0 Å². The van der Waals surface area contributed by atoms with Gasteiger partial charge in [-0.3, -0.25) is 4.79 Å². The minimum absolute atomic E-state index is 0.0248. The van der Waals surface area contributed by atoms with Crippen molar-refractivity contribution in [2.45, 2.75) is 49.5 Å². The first-order valence-electron chi connectivity index (χ1n) is 10.2. The topological polar surface area (TPSA) is 57.7 Å². The summed E-state index contributed by atoms with van der Waals surface area (Å²) in [6, 6.07) is 7.99. The molecule has 30 heavy (non-hydrogen) atoms. The molecule has 160 valence electrons. The molecule has 0 spiro atoms. The third-order valence-electron chi connectivity index (χ3n) is 6.12. The van der Waals surface area contributed by atoms with Crippen LogP contribution in [0.4, 0.5) is 14.5 Å². The van der Waals surface area contributed by atoms with Crippen molar-refractivity contribution >= 4 is 21.6 Å². The minimum atomic E-state index is -3.73. The lowest BCUT2D eigenvalue weighted by atomic mass is 10.0. The van der Waals surface area contributed by atoms with Crippen molar-refractivity contribution in [3.05, 3.63) is 59.2 Å². The molecule has 5 nitrogen and oxygen atoms in total. The second-order valence-electron chi connectivity index (χ2n) is 7.94. The second kappa shape index (κ2) is 8.07. The number of carbonyl (C=O) groups is 1. The fraction of sp³-hybridized carbons (Fsp3) is 0.409. The molecule has 0 unspecified atom stereocenters. The highest BCUT2D eigenvalue weighted by Gasteiger charge is 2.32. The molecule has 1 saturated carbocycles. The van der Waals surface area contributed by atoms with E-state index < -0.39 is 27.6 Å². The summed E-state index contributed by atoms with van der Waals surface area (Å²) in [4.78, 5) is 14.7. The number of aryl methyl sites for hydroxylation is 1. The van der Waals surface area contributed by atoms with E-state index in [1.807, 2.05) is 0 Å². The lowest BCUT2D eigenvalue weighted by Crippen LogP contribution is -2.35. The number of nitrogens with zero attached hydrogens (tertiary/aromatic N) is 2. The molecule has 0 bridgehead atoms. The van der Waals surface area contributed by atoms with Gasteiger partial charge in [0.05, 0.1) is 4.90 Å².